The molecule has 0 radical (unpaired) electrons. The molecule has 19 heavy (non-hydrogen) atoms. The Hall–Kier alpha value is -2.09. The summed E-state index contributed by atoms with van der Waals surface area (Å²) >= 11 is 0. The van der Waals surface area contributed by atoms with Crippen molar-refractivity contribution in [1.29, 1.82) is 5.26 Å². The first-order chi connectivity index (χ1) is 9.00. The van der Waals surface area contributed by atoms with Crippen molar-refractivity contribution in [2.24, 2.45) is 0 Å². The molecule has 1 aromatic rings. The predicted molar refractivity (Wildman–Crippen MR) is 68.4 cm³/mol. The number of anilines is 1. The van der Waals surface area contributed by atoms with Gasteiger partial charge in [0.1, 0.15) is 23.0 Å². The fourth-order valence-corrected chi connectivity index (χ4v) is 2.58. The summed E-state index contributed by atoms with van der Waals surface area (Å²) in [7, 11) is 0. The zero-order chi connectivity index (χ0) is 14.0. The first-order valence-corrected chi connectivity index (χ1v) is 6.20. The Morgan fingerprint density at radius 3 is 2.89 bits per heavy atom. The van der Waals surface area contributed by atoms with Gasteiger partial charge in [0.2, 0.25) is 0 Å². The van der Waals surface area contributed by atoms with Crippen molar-refractivity contribution in [1.82, 2.24) is 0 Å². The summed E-state index contributed by atoms with van der Waals surface area (Å²) in [5.74, 6) is -1.56. The van der Waals surface area contributed by atoms with Crippen LogP contribution < -0.4 is 4.90 Å². The molecule has 0 bridgehead atoms. The Labute approximate surface area is 111 Å². The van der Waals surface area contributed by atoms with Crippen LogP contribution in [0.2, 0.25) is 0 Å². The molecule has 1 aliphatic heterocycles. The Balaban J connectivity index is 2.53. The minimum Gasteiger partial charge on any atom is -0.480 e. The molecule has 1 fully saturated rings. The van der Waals surface area contributed by atoms with Gasteiger partial charge in [-0.05, 0) is 38.3 Å². The Bertz CT molecular complexity index is 553. The third-order valence-electron chi connectivity index (χ3n) is 3.75. The molecule has 1 N–H and O–H groups in total. The maximum atomic E-state index is 13.7. The maximum Gasteiger partial charge on any atom is 0.329 e. The monoisotopic (exact) mass is 262 g/mol. The molecule has 0 saturated carbocycles. The first kappa shape index (κ1) is 13.3. The Morgan fingerprint density at radius 1 is 1.53 bits per heavy atom. The van der Waals surface area contributed by atoms with Crippen molar-refractivity contribution in [3.63, 3.8) is 0 Å². The second kappa shape index (κ2) is 4.88. The summed E-state index contributed by atoms with van der Waals surface area (Å²) in [5.41, 5.74) is -0.804. The standard InChI is InChI=1S/C14H15FN2O2/c1-14(13(18)19)7-2-3-8-17(14)12-6-4-5-11(15)10(12)9-16/h4-6H,2-3,7-8H2,1H3,(H,18,19). The summed E-state index contributed by atoms with van der Waals surface area (Å²) in [4.78, 5) is 13.2. The molecule has 0 spiro atoms. The van der Waals surface area contributed by atoms with Gasteiger partial charge < -0.3 is 10.0 Å². The highest BCUT2D eigenvalue weighted by atomic mass is 19.1. The molecule has 0 amide bonds. The van der Waals surface area contributed by atoms with E-state index in [-0.39, 0.29) is 5.56 Å². The number of hydrogen-bond donors (Lipinski definition) is 1. The summed E-state index contributed by atoms with van der Waals surface area (Å²) in [5, 5.41) is 18.5. The van der Waals surface area contributed by atoms with Crippen molar-refractivity contribution in [3.8, 4) is 6.07 Å². The lowest BCUT2D eigenvalue weighted by Crippen LogP contribution is -2.55. The maximum absolute atomic E-state index is 13.7. The normalized spacial score (nSPS) is 22.9. The Morgan fingerprint density at radius 2 is 2.26 bits per heavy atom. The number of aliphatic carboxylic acids is 1. The quantitative estimate of drug-likeness (QED) is 0.889. The molecule has 2 rings (SSSR count). The van der Waals surface area contributed by atoms with Gasteiger partial charge in [-0.1, -0.05) is 6.07 Å². The van der Waals surface area contributed by atoms with Gasteiger partial charge >= 0.3 is 5.97 Å². The summed E-state index contributed by atoms with van der Waals surface area (Å²) in [6.45, 7) is 2.14. The van der Waals surface area contributed by atoms with Gasteiger partial charge in [0, 0.05) is 6.54 Å². The van der Waals surface area contributed by atoms with Crippen LogP contribution in [0, 0.1) is 17.1 Å². The third-order valence-corrected chi connectivity index (χ3v) is 3.75. The number of hydrogen-bond acceptors (Lipinski definition) is 3. The van der Waals surface area contributed by atoms with Gasteiger partial charge in [-0.15, -0.1) is 0 Å². The molecule has 0 aliphatic carbocycles. The van der Waals surface area contributed by atoms with Crippen molar-refractivity contribution >= 4 is 11.7 Å². The van der Waals surface area contributed by atoms with Crippen molar-refractivity contribution in [2.75, 3.05) is 11.4 Å². The zero-order valence-electron chi connectivity index (χ0n) is 10.7. The van der Waals surface area contributed by atoms with E-state index in [1.54, 1.807) is 17.9 Å². The lowest BCUT2D eigenvalue weighted by atomic mass is 9.87. The van der Waals surface area contributed by atoms with E-state index in [1.165, 1.54) is 12.1 Å². The number of carboxylic acid groups (broad SMARTS) is 1. The number of benzene rings is 1. The third kappa shape index (κ3) is 2.14. The van der Waals surface area contributed by atoms with Gasteiger partial charge in [-0.25, -0.2) is 9.18 Å². The smallest absolute Gasteiger partial charge is 0.329 e. The fourth-order valence-electron chi connectivity index (χ4n) is 2.58. The van der Waals surface area contributed by atoms with Crippen molar-refractivity contribution in [3.05, 3.63) is 29.6 Å². The number of carboxylic acids is 1. The van der Waals surface area contributed by atoms with Crippen LogP contribution in [0.3, 0.4) is 0 Å². The highest BCUT2D eigenvalue weighted by Gasteiger charge is 2.42. The SMILES string of the molecule is CC1(C(=O)O)CCCCN1c1cccc(F)c1C#N. The second-order valence-electron chi connectivity index (χ2n) is 4.93. The van der Waals surface area contributed by atoms with Crippen LogP contribution in [0.1, 0.15) is 31.7 Å². The lowest BCUT2D eigenvalue weighted by molar-refractivity contribution is -0.143. The van der Waals surface area contributed by atoms with E-state index in [0.717, 1.165) is 12.8 Å². The van der Waals surface area contributed by atoms with Gasteiger partial charge in [-0.2, -0.15) is 5.26 Å². The van der Waals surface area contributed by atoms with E-state index in [9.17, 15) is 14.3 Å². The predicted octanol–water partition coefficient (Wildman–Crippen LogP) is 2.53. The minimum atomic E-state index is -1.09. The van der Waals surface area contributed by atoms with Crippen LogP contribution in [0.15, 0.2) is 18.2 Å². The fraction of sp³-hybridized carbons (Fsp3) is 0.429. The van der Waals surface area contributed by atoms with Crippen molar-refractivity contribution < 1.29 is 14.3 Å². The van der Waals surface area contributed by atoms with E-state index in [1.807, 2.05) is 6.07 Å². The van der Waals surface area contributed by atoms with E-state index in [2.05, 4.69) is 0 Å². The molecule has 1 unspecified atom stereocenters. The van der Waals surface area contributed by atoms with Crippen LogP contribution in [0.5, 0.6) is 0 Å². The largest absolute Gasteiger partial charge is 0.480 e. The molecular formula is C14H15FN2O2. The van der Waals surface area contributed by atoms with E-state index < -0.39 is 17.3 Å². The summed E-state index contributed by atoms with van der Waals surface area (Å²) < 4.78 is 13.7. The number of nitriles is 1. The van der Waals surface area contributed by atoms with Gasteiger partial charge in [-0.3, -0.25) is 0 Å². The van der Waals surface area contributed by atoms with Crippen molar-refractivity contribution in [2.45, 2.75) is 31.7 Å². The average Bonchev–Trinajstić information content (AvgIpc) is 2.39. The zero-order valence-corrected chi connectivity index (χ0v) is 10.7. The van der Waals surface area contributed by atoms with E-state index in [0.29, 0.717) is 18.7 Å². The number of carbonyl (C=O) groups is 1. The molecular weight excluding hydrogens is 247 g/mol. The van der Waals surface area contributed by atoms with Gasteiger partial charge in [0.05, 0.1) is 5.69 Å². The highest BCUT2D eigenvalue weighted by molar-refractivity contribution is 5.84. The van der Waals surface area contributed by atoms with Crippen LogP contribution in [0.25, 0.3) is 0 Å². The second-order valence-corrected chi connectivity index (χ2v) is 4.93. The molecule has 5 heteroatoms. The van der Waals surface area contributed by atoms with E-state index >= 15 is 0 Å². The molecule has 1 saturated heterocycles. The molecule has 1 atom stereocenters. The number of nitrogens with zero attached hydrogens (tertiary/aromatic N) is 2. The van der Waals surface area contributed by atoms with Crippen LogP contribution in [0.4, 0.5) is 10.1 Å². The summed E-state index contributed by atoms with van der Waals surface area (Å²) in [6.07, 6.45) is 2.14. The molecule has 1 aliphatic rings. The van der Waals surface area contributed by atoms with Gasteiger partial charge in [0.25, 0.3) is 0 Å². The summed E-state index contributed by atoms with van der Waals surface area (Å²) in [6, 6.07) is 6.15. The molecule has 0 aromatic heterocycles. The average molecular weight is 262 g/mol. The number of halogens is 1. The minimum absolute atomic E-state index is 0.0862. The molecule has 100 valence electrons. The van der Waals surface area contributed by atoms with Crippen LogP contribution >= 0.6 is 0 Å². The van der Waals surface area contributed by atoms with Crippen LogP contribution in [-0.4, -0.2) is 23.2 Å². The highest BCUT2D eigenvalue weighted by Crippen LogP contribution is 2.35. The number of rotatable bonds is 2. The molecule has 1 aromatic carbocycles. The van der Waals surface area contributed by atoms with Crippen LogP contribution in [-0.2, 0) is 4.79 Å². The first-order valence-electron chi connectivity index (χ1n) is 6.20. The van der Waals surface area contributed by atoms with E-state index in [4.69, 9.17) is 5.26 Å². The topological polar surface area (TPSA) is 64.3 Å². The number of piperidine rings is 1. The van der Waals surface area contributed by atoms with Gasteiger partial charge in [0.15, 0.2) is 0 Å². The lowest BCUT2D eigenvalue weighted by Gasteiger charge is -2.43. The molecule has 1 heterocycles. The Kier molecular flexibility index (Phi) is 3.43. The molecule has 4 nitrogen and oxygen atoms in total.